The number of aliphatic hydroxyl groups excluding tert-OH is 1. The maximum atomic E-state index is 12.9. The van der Waals surface area contributed by atoms with Crippen molar-refractivity contribution in [3.63, 3.8) is 0 Å². The maximum Gasteiger partial charge on any atom is 0.303 e. The number of carboxylic acid groups (broad SMARTS) is 1. The monoisotopic (exact) mass is 462 g/mol. The molecule has 0 saturated heterocycles. The molecule has 0 spiro atoms. The lowest BCUT2D eigenvalue weighted by Crippen LogP contribution is -2.33. The number of hydrogen-bond donors (Lipinski definition) is 3. The van der Waals surface area contributed by atoms with E-state index < -0.39 is 5.97 Å². The molecule has 0 saturated carbocycles. The van der Waals surface area contributed by atoms with Gasteiger partial charge in [-0.3, -0.25) is 14.4 Å². The third kappa shape index (κ3) is 8.53. The highest BCUT2D eigenvalue weighted by Crippen LogP contribution is 2.26. The van der Waals surface area contributed by atoms with Crippen LogP contribution in [0.4, 0.5) is 0 Å². The zero-order valence-electron chi connectivity index (χ0n) is 20.3. The van der Waals surface area contributed by atoms with Crippen LogP contribution >= 0.6 is 0 Å². The summed E-state index contributed by atoms with van der Waals surface area (Å²) in [5.74, 6) is -0.419. The number of fused-ring (bicyclic) bond motifs is 1. The minimum absolute atomic E-state index is 0.144. The van der Waals surface area contributed by atoms with Crippen molar-refractivity contribution in [3.8, 4) is 5.75 Å². The van der Waals surface area contributed by atoms with Gasteiger partial charge in [0, 0.05) is 31.7 Å². The van der Waals surface area contributed by atoms with Crippen LogP contribution in [-0.2, 0) is 11.3 Å². The number of amides is 1. The standard InChI is InChI=1S/C22H30N2O5.C3H8O/c1-4-24-20-15(2)18(29-3)12-11-16(20)14-17(22(24)28)21(27)23-13-9-7-5-6-8-10-19(25)26;1-2-3-4/h11-12,14H,4-10,13H2,1-3H3,(H,23,27)(H,25,26);4H,2-3H2,1H3. The second-order valence-corrected chi connectivity index (χ2v) is 7.83. The van der Waals surface area contributed by atoms with Gasteiger partial charge in [-0.1, -0.05) is 26.2 Å². The number of aromatic nitrogens is 1. The minimum atomic E-state index is -0.765. The molecule has 8 heteroatoms. The lowest BCUT2D eigenvalue weighted by atomic mass is 10.1. The number of hydrogen-bond acceptors (Lipinski definition) is 5. The summed E-state index contributed by atoms with van der Waals surface area (Å²) in [6.07, 6.45) is 5.27. The summed E-state index contributed by atoms with van der Waals surface area (Å²) in [6, 6.07) is 5.35. The van der Waals surface area contributed by atoms with Gasteiger partial charge in [0.2, 0.25) is 0 Å². The number of benzene rings is 1. The molecule has 0 radical (unpaired) electrons. The van der Waals surface area contributed by atoms with Crippen molar-refractivity contribution < 1.29 is 24.5 Å². The van der Waals surface area contributed by atoms with Gasteiger partial charge < -0.3 is 24.8 Å². The molecule has 2 rings (SSSR count). The zero-order chi connectivity index (χ0) is 24.8. The molecule has 0 aliphatic rings. The van der Waals surface area contributed by atoms with E-state index in [4.69, 9.17) is 14.9 Å². The maximum absolute atomic E-state index is 12.9. The summed E-state index contributed by atoms with van der Waals surface area (Å²) in [5, 5.41) is 20.1. The number of aryl methyl sites for hydroxylation is 2. The van der Waals surface area contributed by atoms with E-state index in [1.807, 2.05) is 32.9 Å². The number of carboxylic acids is 1. The normalized spacial score (nSPS) is 10.5. The Labute approximate surface area is 195 Å². The Balaban J connectivity index is 0.00000125. The number of nitrogens with one attached hydrogen (secondary N) is 1. The van der Waals surface area contributed by atoms with Crippen molar-refractivity contribution >= 4 is 22.8 Å². The van der Waals surface area contributed by atoms with E-state index >= 15 is 0 Å². The molecule has 184 valence electrons. The fraction of sp³-hybridized carbons (Fsp3) is 0.560. The average Bonchev–Trinajstić information content (AvgIpc) is 2.80. The van der Waals surface area contributed by atoms with Crippen LogP contribution in [0.3, 0.4) is 0 Å². The Hall–Kier alpha value is -2.87. The van der Waals surface area contributed by atoms with Crippen LogP contribution in [0.15, 0.2) is 23.0 Å². The molecule has 0 atom stereocenters. The fourth-order valence-electron chi connectivity index (χ4n) is 3.56. The summed E-state index contributed by atoms with van der Waals surface area (Å²) < 4.78 is 6.97. The van der Waals surface area contributed by atoms with E-state index in [9.17, 15) is 14.4 Å². The summed E-state index contributed by atoms with van der Waals surface area (Å²) in [5.41, 5.74) is 1.50. The molecule has 1 aromatic heterocycles. The highest BCUT2D eigenvalue weighted by molar-refractivity contribution is 5.98. The van der Waals surface area contributed by atoms with Gasteiger partial charge in [-0.05, 0) is 56.7 Å². The van der Waals surface area contributed by atoms with E-state index in [1.165, 1.54) is 0 Å². The first-order valence-corrected chi connectivity index (χ1v) is 11.6. The van der Waals surface area contributed by atoms with Crippen molar-refractivity contribution in [1.29, 1.82) is 0 Å². The van der Waals surface area contributed by atoms with Crippen molar-refractivity contribution in [2.75, 3.05) is 20.3 Å². The van der Waals surface area contributed by atoms with E-state index in [2.05, 4.69) is 5.32 Å². The smallest absolute Gasteiger partial charge is 0.303 e. The van der Waals surface area contributed by atoms with Crippen LogP contribution in [0, 0.1) is 6.92 Å². The zero-order valence-corrected chi connectivity index (χ0v) is 20.3. The Morgan fingerprint density at radius 2 is 1.73 bits per heavy atom. The predicted molar refractivity (Wildman–Crippen MR) is 130 cm³/mol. The molecule has 1 aromatic carbocycles. The minimum Gasteiger partial charge on any atom is -0.496 e. The van der Waals surface area contributed by atoms with Crippen LogP contribution in [0.5, 0.6) is 5.75 Å². The third-order valence-corrected chi connectivity index (χ3v) is 5.32. The number of pyridine rings is 1. The topological polar surface area (TPSA) is 118 Å². The molecule has 3 N–H and O–H groups in total. The fourth-order valence-corrected chi connectivity index (χ4v) is 3.56. The molecular weight excluding hydrogens is 424 g/mol. The largest absolute Gasteiger partial charge is 0.496 e. The third-order valence-electron chi connectivity index (χ3n) is 5.32. The Bertz CT molecular complexity index is 966. The molecule has 0 aliphatic heterocycles. The molecule has 33 heavy (non-hydrogen) atoms. The number of rotatable bonds is 12. The van der Waals surface area contributed by atoms with E-state index in [1.54, 1.807) is 17.7 Å². The Kier molecular flexibility index (Phi) is 12.8. The van der Waals surface area contributed by atoms with Gasteiger partial charge in [0.05, 0.1) is 12.6 Å². The van der Waals surface area contributed by atoms with Gasteiger partial charge in [-0.2, -0.15) is 0 Å². The number of aliphatic hydroxyl groups is 1. The number of nitrogens with zero attached hydrogens (tertiary/aromatic N) is 1. The van der Waals surface area contributed by atoms with Gasteiger partial charge in [0.15, 0.2) is 0 Å². The van der Waals surface area contributed by atoms with E-state index in [0.29, 0.717) is 31.9 Å². The molecule has 2 aromatic rings. The molecular formula is C25H38N2O6. The number of carbonyl (C=O) groups excluding carboxylic acids is 1. The van der Waals surface area contributed by atoms with Gasteiger partial charge >= 0.3 is 5.97 Å². The van der Waals surface area contributed by atoms with Crippen LogP contribution in [0.25, 0.3) is 10.9 Å². The van der Waals surface area contributed by atoms with Gasteiger partial charge in [0.1, 0.15) is 11.3 Å². The van der Waals surface area contributed by atoms with Gasteiger partial charge in [-0.25, -0.2) is 0 Å². The Morgan fingerprint density at radius 1 is 1.09 bits per heavy atom. The van der Waals surface area contributed by atoms with Crippen LogP contribution in [-0.4, -0.2) is 46.9 Å². The Morgan fingerprint density at radius 3 is 2.30 bits per heavy atom. The molecule has 0 fully saturated rings. The number of aliphatic carboxylic acids is 1. The number of unbranched alkanes of at least 4 members (excludes halogenated alkanes) is 4. The number of carbonyl (C=O) groups is 2. The predicted octanol–water partition coefficient (Wildman–Crippen LogP) is 3.88. The average molecular weight is 463 g/mol. The summed E-state index contributed by atoms with van der Waals surface area (Å²) >= 11 is 0. The van der Waals surface area contributed by atoms with Crippen molar-refractivity contribution in [3.05, 3.63) is 39.7 Å². The number of methoxy groups -OCH3 is 1. The lowest BCUT2D eigenvalue weighted by molar-refractivity contribution is -0.137. The highest BCUT2D eigenvalue weighted by Gasteiger charge is 2.17. The molecule has 1 heterocycles. The summed E-state index contributed by atoms with van der Waals surface area (Å²) in [4.78, 5) is 35.9. The van der Waals surface area contributed by atoms with Crippen LogP contribution in [0.2, 0.25) is 0 Å². The lowest BCUT2D eigenvalue weighted by Gasteiger charge is -2.15. The first-order chi connectivity index (χ1) is 15.8. The molecule has 0 unspecified atom stereocenters. The second-order valence-electron chi connectivity index (χ2n) is 7.83. The van der Waals surface area contributed by atoms with Crippen molar-refractivity contribution in [2.24, 2.45) is 0 Å². The number of ether oxygens (including phenoxy) is 1. The van der Waals surface area contributed by atoms with Crippen molar-refractivity contribution in [1.82, 2.24) is 9.88 Å². The molecule has 0 bridgehead atoms. The quantitative estimate of drug-likeness (QED) is 0.412. The first-order valence-electron chi connectivity index (χ1n) is 11.6. The van der Waals surface area contributed by atoms with E-state index in [-0.39, 0.29) is 23.5 Å². The SMILES string of the molecule is CCCO.CCn1c(=O)c(C(=O)NCCCCCCCC(=O)O)cc2ccc(OC)c(C)c21. The molecule has 0 aliphatic carbocycles. The highest BCUT2D eigenvalue weighted by atomic mass is 16.5. The summed E-state index contributed by atoms with van der Waals surface area (Å²) in [6.45, 7) is 6.98. The summed E-state index contributed by atoms with van der Waals surface area (Å²) in [7, 11) is 1.59. The molecule has 1 amide bonds. The van der Waals surface area contributed by atoms with E-state index in [0.717, 1.165) is 48.6 Å². The van der Waals surface area contributed by atoms with Crippen LogP contribution in [0.1, 0.15) is 74.7 Å². The van der Waals surface area contributed by atoms with Crippen molar-refractivity contribution in [2.45, 2.75) is 72.3 Å². The molecule has 8 nitrogen and oxygen atoms in total. The van der Waals surface area contributed by atoms with Gasteiger partial charge in [0.25, 0.3) is 11.5 Å². The first kappa shape index (κ1) is 28.2. The van der Waals surface area contributed by atoms with Gasteiger partial charge in [-0.15, -0.1) is 0 Å². The second kappa shape index (κ2) is 15.1. The van der Waals surface area contributed by atoms with Crippen LogP contribution < -0.4 is 15.6 Å².